The second kappa shape index (κ2) is 1.20. The molecule has 0 bridgehead atoms. The van der Waals surface area contributed by atoms with Crippen LogP contribution < -0.4 is 10.6 Å². The standard InChI is InChI=1S/C5H10N2/c1-4-2-7-5(4)3-6-1/h4-7H,1-3H2/t4?,5-/m1/s1. The Morgan fingerprint density at radius 2 is 2.14 bits per heavy atom. The lowest BCUT2D eigenvalue weighted by atomic mass is 9.96. The van der Waals surface area contributed by atoms with Crippen molar-refractivity contribution in [2.75, 3.05) is 19.6 Å². The van der Waals surface area contributed by atoms with E-state index in [4.69, 9.17) is 0 Å². The maximum atomic E-state index is 3.34. The van der Waals surface area contributed by atoms with Crippen molar-refractivity contribution in [2.24, 2.45) is 5.92 Å². The van der Waals surface area contributed by atoms with Crippen LogP contribution in [0.3, 0.4) is 0 Å². The van der Waals surface area contributed by atoms with Crippen LogP contribution in [0.5, 0.6) is 0 Å². The van der Waals surface area contributed by atoms with Gasteiger partial charge in [-0.05, 0) is 0 Å². The number of fused-ring (bicyclic) bond motifs is 1. The largest absolute Gasteiger partial charge is 0.315 e. The molecule has 2 heterocycles. The van der Waals surface area contributed by atoms with Gasteiger partial charge in [0.1, 0.15) is 0 Å². The Morgan fingerprint density at radius 3 is 2.43 bits per heavy atom. The van der Waals surface area contributed by atoms with Crippen LogP contribution >= 0.6 is 0 Å². The van der Waals surface area contributed by atoms with E-state index in [1.54, 1.807) is 0 Å². The first kappa shape index (κ1) is 3.87. The Labute approximate surface area is 43.3 Å². The molecule has 2 nitrogen and oxygen atoms in total. The number of hydrogen-bond donors (Lipinski definition) is 2. The van der Waals surface area contributed by atoms with Crippen molar-refractivity contribution in [3.8, 4) is 0 Å². The Kier molecular flexibility index (Phi) is 0.664. The van der Waals surface area contributed by atoms with Crippen LogP contribution in [0.25, 0.3) is 0 Å². The van der Waals surface area contributed by atoms with Gasteiger partial charge >= 0.3 is 0 Å². The van der Waals surface area contributed by atoms with Crippen molar-refractivity contribution in [2.45, 2.75) is 6.04 Å². The van der Waals surface area contributed by atoms with Gasteiger partial charge in [0.25, 0.3) is 0 Å². The fourth-order valence-electron chi connectivity index (χ4n) is 1.33. The summed E-state index contributed by atoms with van der Waals surface area (Å²) in [4.78, 5) is 0. The molecule has 40 valence electrons. The fraction of sp³-hybridized carbons (Fsp3) is 1.00. The summed E-state index contributed by atoms with van der Waals surface area (Å²) in [7, 11) is 0. The summed E-state index contributed by atoms with van der Waals surface area (Å²) in [5.41, 5.74) is 0. The normalized spacial score (nSPS) is 48.0. The lowest BCUT2D eigenvalue weighted by Crippen LogP contribution is -2.51. The highest BCUT2D eigenvalue weighted by molar-refractivity contribution is 4.95. The van der Waals surface area contributed by atoms with Gasteiger partial charge in [-0.25, -0.2) is 0 Å². The lowest BCUT2D eigenvalue weighted by Gasteiger charge is -2.30. The zero-order valence-corrected chi connectivity index (χ0v) is 4.28. The minimum absolute atomic E-state index is 0.833. The van der Waals surface area contributed by atoms with Crippen LogP contribution in [0.4, 0.5) is 0 Å². The minimum Gasteiger partial charge on any atom is -0.315 e. The van der Waals surface area contributed by atoms with Crippen LogP contribution in [0, 0.1) is 5.92 Å². The average Bonchev–Trinajstić information content (AvgIpc) is 1.85. The highest BCUT2D eigenvalue weighted by atomic mass is 15.1. The van der Waals surface area contributed by atoms with Crippen molar-refractivity contribution in [3.05, 3.63) is 0 Å². The smallest absolute Gasteiger partial charge is 0.0245 e. The first-order valence-corrected chi connectivity index (χ1v) is 2.91. The van der Waals surface area contributed by atoms with Crippen molar-refractivity contribution in [1.29, 1.82) is 0 Å². The molecule has 2 atom stereocenters. The van der Waals surface area contributed by atoms with Gasteiger partial charge in [-0.3, -0.25) is 0 Å². The Hall–Kier alpha value is -0.0800. The van der Waals surface area contributed by atoms with E-state index in [2.05, 4.69) is 10.6 Å². The molecule has 2 N–H and O–H groups in total. The van der Waals surface area contributed by atoms with Gasteiger partial charge in [0.2, 0.25) is 0 Å². The quantitative estimate of drug-likeness (QED) is 0.413. The molecular weight excluding hydrogens is 88.1 g/mol. The summed E-state index contributed by atoms with van der Waals surface area (Å²) in [6.45, 7) is 3.69. The topological polar surface area (TPSA) is 24.1 Å². The Balaban J connectivity index is 2.03. The van der Waals surface area contributed by atoms with Crippen LogP contribution in [0.2, 0.25) is 0 Å². The van der Waals surface area contributed by atoms with E-state index in [9.17, 15) is 0 Å². The fourth-order valence-corrected chi connectivity index (χ4v) is 1.33. The highest BCUT2D eigenvalue weighted by Crippen LogP contribution is 2.15. The van der Waals surface area contributed by atoms with E-state index in [0.717, 1.165) is 12.0 Å². The molecule has 0 aliphatic carbocycles. The molecule has 0 radical (unpaired) electrons. The molecule has 2 saturated heterocycles. The monoisotopic (exact) mass is 98.1 g/mol. The van der Waals surface area contributed by atoms with Crippen molar-refractivity contribution < 1.29 is 0 Å². The van der Waals surface area contributed by atoms with Crippen molar-refractivity contribution >= 4 is 0 Å². The summed E-state index contributed by atoms with van der Waals surface area (Å²) in [6, 6.07) is 0.833. The van der Waals surface area contributed by atoms with Gasteiger partial charge in [0.05, 0.1) is 0 Å². The van der Waals surface area contributed by atoms with E-state index < -0.39 is 0 Å². The number of hydrogen-bond acceptors (Lipinski definition) is 2. The van der Waals surface area contributed by atoms with Gasteiger partial charge in [-0.15, -0.1) is 0 Å². The molecule has 0 saturated carbocycles. The van der Waals surface area contributed by atoms with E-state index in [1.807, 2.05) is 0 Å². The first-order chi connectivity index (χ1) is 3.47. The molecule has 0 aromatic carbocycles. The minimum atomic E-state index is 0.833. The molecule has 0 spiro atoms. The van der Waals surface area contributed by atoms with Crippen LogP contribution in [-0.4, -0.2) is 25.7 Å². The predicted molar refractivity (Wildman–Crippen MR) is 28.2 cm³/mol. The van der Waals surface area contributed by atoms with Crippen LogP contribution in [0.15, 0.2) is 0 Å². The Morgan fingerprint density at radius 1 is 1.14 bits per heavy atom. The molecule has 2 aliphatic heterocycles. The van der Waals surface area contributed by atoms with E-state index in [0.29, 0.717) is 0 Å². The van der Waals surface area contributed by atoms with Crippen molar-refractivity contribution in [3.63, 3.8) is 0 Å². The summed E-state index contributed by atoms with van der Waals surface area (Å²) < 4.78 is 0. The van der Waals surface area contributed by atoms with Crippen LogP contribution in [0.1, 0.15) is 0 Å². The second-order valence-corrected chi connectivity index (χ2v) is 2.43. The van der Waals surface area contributed by atoms with Gasteiger partial charge in [0, 0.05) is 31.6 Å². The van der Waals surface area contributed by atoms with E-state index in [-0.39, 0.29) is 0 Å². The molecule has 1 unspecified atom stereocenters. The molecule has 2 aliphatic rings. The molecule has 2 fully saturated rings. The molecule has 2 heteroatoms. The third-order valence-electron chi connectivity index (χ3n) is 1.98. The third kappa shape index (κ3) is 0.409. The molecule has 0 aromatic rings. The maximum absolute atomic E-state index is 3.34. The molecule has 7 heavy (non-hydrogen) atoms. The first-order valence-electron chi connectivity index (χ1n) is 2.91. The van der Waals surface area contributed by atoms with Gasteiger partial charge in [-0.2, -0.15) is 0 Å². The summed E-state index contributed by atoms with van der Waals surface area (Å²) >= 11 is 0. The summed E-state index contributed by atoms with van der Waals surface area (Å²) in [5, 5.41) is 6.67. The number of nitrogens with one attached hydrogen (secondary N) is 2. The zero-order chi connectivity index (χ0) is 4.69. The third-order valence-corrected chi connectivity index (χ3v) is 1.98. The predicted octanol–water partition coefficient (Wildman–Crippen LogP) is -0.822. The van der Waals surface area contributed by atoms with Crippen LogP contribution in [-0.2, 0) is 0 Å². The van der Waals surface area contributed by atoms with Gasteiger partial charge < -0.3 is 10.6 Å². The van der Waals surface area contributed by atoms with Gasteiger partial charge in [0.15, 0.2) is 0 Å². The van der Waals surface area contributed by atoms with E-state index >= 15 is 0 Å². The SMILES string of the molecule is C1NC[C@H]2NCC12. The highest BCUT2D eigenvalue weighted by Gasteiger charge is 2.33. The molecule has 0 aromatic heterocycles. The summed E-state index contributed by atoms with van der Waals surface area (Å²) in [5.74, 6) is 0.972. The number of rotatable bonds is 0. The Bertz CT molecular complexity index is 72.1. The summed E-state index contributed by atoms with van der Waals surface area (Å²) in [6.07, 6.45) is 0. The second-order valence-electron chi connectivity index (χ2n) is 2.43. The lowest BCUT2D eigenvalue weighted by molar-refractivity contribution is 0.297. The average molecular weight is 98.1 g/mol. The van der Waals surface area contributed by atoms with Gasteiger partial charge in [-0.1, -0.05) is 0 Å². The zero-order valence-electron chi connectivity index (χ0n) is 4.28. The molecule has 2 rings (SSSR count). The molecule has 0 amide bonds. The molecular formula is C5H10N2. The maximum Gasteiger partial charge on any atom is 0.0245 e. The van der Waals surface area contributed by atoms with Crippen molar-refractivity contribution in [1.82, 2.24) is 10.6 Å². The van der Waals surface area contributed by atoms with E-state index in [1.165, 1.54) is 19.6 Å².